The van der Waals surface area contributed by atoms with Gasteiger partial charge in [0.2, 0.25) is 5.91 Å². The lowest BCUT2D eigenvalue weighted by Gasteiger charge is -2.48. The predicted molar refractivity (Wildman–Crippen MR) is 104 cm³/mol. The lowest BCUT2D eigenvalue weighted by molar-refractivity contribution is -0.171. The van der Waals surface area contributed by atoms with Gasteiger partial charge in [0.1, 0.15) is 12.1 Å². The van der Waals surface area contributed by atoms with E-state index in [-0.39, 0.29) is 12.5 Å². The van der Waals surface area contributed by atoms with Crippen LogP contribution in [0.4, 0.5) is 0 Å². The van der Waals surface area contributed by atoms with Crippen LogP contribution in [0.25, 0.3) is 10.4 Å². The molecule has 7 nitrogen and oxygen atoms in total. The first-order valence-electron chi connectivity index (χ1n) is 9.32. The summed E-state index contributed by atoms with van der Waals surface area (Å²) in [5.74, 6) is -0.921. The molecule has 1 aliphatic rings. The Kier molecular flexibility index (Phi) is 6.29. The van der Waals surface area contributed by atoms with E-state index >= 15 is 0 Å². The highest BCUT2D eigenvalue weighted by Crippen LogP contribution is 2.38. The van der Waals surface area contributed by atoms with Gasteiger partial charge in [0, 0.05) is 4.91 Å². The summed E-state index contributed by atoms with van der Waals surface area (Å²) in [6.45, 7) is 2.27. The van der Waals surface area contributed by atoms with E-state index in [0.717, 1.165) is 24.0 Å². The van der Waals surface area contributed by atoms with E-state index in [1.807, 2.05) is 67.6 Å². The van der Waals surface area contributed by atoms with Gasteiger partial charge in [-0.25, -0.2) is 4.79 Å². The SMILES string of the molecule is CCCCOC(=O)[C@H]1[C@@H](N=[N+]=[N-])C(=O)N1C(c1ccccc1)c1ccccc1. The number of rotatable bonds is 8. The zero-order valence-corrected chi connectivity index (χ0v) is 15.6. The van der Waals surface area contributed by atoms with E-state index in [4.69, 9.17) is 10.3 Å². The number of unbranched alkanes of at least 4 members (excludes halogenated alkanes) is 1. The number of β-lactam (4-membered cyclic amide) rings is 1. The highest BCUT2D eigenvalue weighted by Gasteiger charge is 2.55. The highest BCUT2D eigenvalue weighted by molar-refractivity contribution is 6.00. The Morgan fingerprint density at radius 3 is 2.21 bits per heavy atom. The van der Waals surface area contributed by atoms with Crippen LogP contribution >= 0.6 is 0 Å². The average Bonchev–Trinajstić information content (AvgIpc) is 2.74. The molecule has 0 aliphatic carbocycles. The van der Waals surface area contributed by atoms with Crippen molar-refractivity contribution in [3.8, 4) is 0 Å². The molecule has 0 aromatic heterocycles. The van der Waals surface area contributed by atoms with E-state index in [9.17, 15) is 9.59 Å². The number of carbonyl (C=O) groups is 2. The minimum absolute atomic E-state index is 0.276. The van der Waals surface area contributed by atoms with Crippen molar-refractivity contribution in [2.45, 2.75) is 37.9 Å². The number of carbonyl (C=O) groups excluding carboxylic acids is 2. The molecule has 1 amide bonds. The molecular formula is C21H22N4O3. The van der Waals surface area contributed by atoms with Crippen molar-refractivity contribution in [2.24, 2.45) is 5.11 Å². The normalized spacial score (nSPS) is 18.4. The van der Waals surface area contributed by atoms with Crippen molar-refractivity contribution in [3.63, 3.8) is 0 Å². The molecule has 2 aromatic rings. The average molecular weight is 378 g/mol. The second-order valence-corrected chi connectivity index (χ2v) is 6.59. The zero-order valence-electron chi connectivity index (χ0n) is 15.6. The number of ether oxygens (including phenoxy) is 1. The van der Waals surface area contributed by atoms with Crippen LogP contribution < -0.4 is 0 Å². The molecule has 0 N–H and O–H groups in total. The van der Waals surface area contributed by atoms with Gasteiger partial charge in [-0.15, -0.1) is 0 Å². The molecule has 1 saturated heterocycles. The molecule has 0 spiro atoms. The number of nitrogens with zero attached hydrogens (tertiary/aromatic N) is 4. The van der Waals surface area contributed by atoms with Gasteiger partial charge in [0.15, 0.2) is 0 Å². The Balaban J connectivity index is 1.98. The molecular weight excluding hydrogens is 356 g/mol. The van der Waals surface area contributed by atoms with Gasteiger partial charge < -0.3 is 9.64 Å². The number of esters is 1. The summed E-state index contributed by atoms with van der Waals surface area (Å²) in [5.41, 5.74) is 10.6. The summed E-state index contributed by atoms with van der Waals surface area (Å²) < 4.78 is 5.35. The minimum Gasteiger partial charge on any atom is -0.464 e. The molecule has 28 heavy (non-hydrogen) atoms. The molecule has 1 aliphatic heterocycles. The fourth-order valence-corrected chi connectivity index (χ4v) is 3.38. The maximum absolute atomic E-state index is 12.8. The maximum atomic E-state index is 12.8. The second kappa shape index (κ2) is 9.06. The van der Waals surface area contributed by atoms with Crippen LogP contribution in [0.15, 0.2) is 65.8 Å². The van der Waals surface area contributed by atoms with Gasteiger partial charge in [-0.05, 0) is 23.1 Å². The fraction of sp³-hybridized carbons (Fsp3) is 0.333. The highest BCUT2D eigenvalue weighted by atomic mass is 16.5. The molecule has 1 heterocycles. The van der Waals surface area contributed by atoms with Crippen molar-refractivity contribution in [1.82, 2.24) is 4.90 Å². The van der Waals surface area contributed by atoms with Crippen molar-refractivity contribution in [3.05, 3.63) is 82.2 Å². The summed E-state index contributed by atoms with van der Waals surface area (Å²) in [6.07, 6.45) is 1.62. The third kappa shape index (κ3) is 3.85. The van der Waals surface area contributed by atoms with Crippen LogP contribution in [0.3, 0.4) is 0 Å². The first kappa shape index (κ1) is 19.5. The molecule has 0 bridgehead atoms. The van der Waals surface area contributed by atoms with E-state index in [1.54, 1.807) is 0 Å². The van der Waals surface area contributed by atoms with Crippen molar-refractivity contribution in [1.29, 1.82) is 0 Å². The molecule has 0 unspecified atom stereocenters. The maximum Gasteiger partial charge on any atom is 0.329 e. The number of benzene rings is 2. The number of amides is 1. The lowest BCUT2D eigenvalue weighted by atomic mass is 9.87. The van der Waals surface area contributed by atoms with Gasteiger partial charge in [-0.1, -0.05) is 79.1 Å². The van der Waals surface area contributed by atoms with Crippen LogP contribution in [0.5, 0.6) is 0 Å². The van der Waals surface area contributed by atoms with Crippen LogP contribution in [-0.2, 0) is 14.3 Å². The first-order valence-corrected chi connectivity index (χ1v) is 9.32. The molecule has 2 atom stereocenters. The number of likely N-dealkylation sites (tertiary alicyclic amines) is 1. The number of hydrogen-bond acceptors (Lipinski definition) is 4. The molecule has 1 fully saturated rings. The van der Waals surface area contributed by atoms with Crippen LogP contribution in [0, 0.1) is 0 Å². The third-order valence-electron chi connectivity index (χ3n) is 4.77. The molecule has 0 saturated carbocycles. The summed E-state index contributed by atoms with van der Waals surface area (Å²) in [5, 5.41) is 3.55. The Morgan fingerprint density at radius 1 is 1.14 bits per heavy atom. The number of hydrogen-bond donors (Lipinski definition) is 0. The molecule has 2 aromatic carbocycles. The topological polar surface area (TPSA) is 95.4 Å². The summed E-state index contributed by atoms with van der Waals surface area (Å²) in [4.78, 5) is 29.8. The Labute approximate surface area is 163 Å². The number of azide groups is 1. The van der Waals surface area contributed by atoms with Crippen LogP contribution in [-0.4, -0.2) is 35.5 Å². The quantitative estimate of drug-likeness (QED) is 0.173. The van der Waals surface area contributed by atoms with E-state index in [1.165, 1.54) is 4.90 Å². The van der Waals surface area contributed by atoms with Gasteiger partial charge >= 0.3 is 5.97 Å². The Morgan fingerprint density at radius 2 is 1.71 bits per heavy atom. The molecule has 7 heteroatoms. The lowest BCUT2D eigenvalue weighted by Crippen LogP contribution is -2.68. The zero-order chi connectivity index (χ0) is 19.9. The molecule has 144 valence electrons. The molecule has 0 radical (unpaired) electrons. The summed E-state index contributed by atoms with van der Waals surface area (Å²) in [6, 6.07) is 16.5. The summed E-state index contributed by atoms with van der Waals surface area (Å²) >= 11 is 0. The Hall–Kier alpha value is -3.31. The van der Waals surface area contributed by atoms with Gasteiger partial charge in [-0.3, -0.25) is 4.79 Å². The summed E-state index contributed by atoms with van der Waals surface area (Å²) in [7, 11) is 0. The largest absolute Gasteiger partial charge is 0.464 e. The van der Waals surface area contributed by atoms with E-state index < -0.39 is 24.1 Å². The Bertz CT molecular complexity index is 826. The van der Waals surface area contributed by atoms with Crippen LogP contribution in [0.2, 0.25) is 0 Å². The molecule has 3 rings (SSSR count). The van der Waals surface area contributed by atoms with Crippen LogP contribution in [0.1, 0.15) is 36.9 Å². The fourth-order valence-electron chi connectivity index (χ4n) is 3.38. The van der Waals surface area contributed by atoms with Crippen molar-refractivity contribution >= 4 is 11.9 Å². The first-order chi connectivity index (χ1) is 13.7. The minimum atomic E-state index is -1.07. The standard InChI is InChI=1S/C21H22N4O3/c1-2-3-14-28-21(27)19-17(23-24-22)20(26)25(19)18(15-10-6-4-7-11-15)16-12-8-5-9-13-16/h4-13,17-19H,2-3,14H2,1H3/t17-,19-/m1/s1. The monoisotopic (exact) mass is 378 g/mol. The third-order valence-corrected chi connectivity index (χ3v) is 4.77. The second-order valence-electron chi connectivity index (χ2n) is 6.59. The van der Waals surface area contributed by atoms with E-state index in [0.29, 0.717) is 0 Å². The van der Waals surface area contributed by atoms with Gasteiger partial charge in [-0.2, -0.15) is 0 Å². The van der Waals surface area contributed by atoms with Gasteiger partial charge in [0.25, 0.3) is 0 Å². The van der Waals surface area contributed by atoms with Crippen molar-refractivity contribution in [2.75, 3.05) is 6.61 Å². The van der Waals surface area contributed by atoms with Gasteiger partial charge in [0.05, 0.1) is 12.6 Å². The van der Waals surface area contributed by atoms with E-state index in [2.05, 4.69) is 10.0 Å². The smallest absolute Gasteiger partial charge is 0.329 e. The predicted octanol–water partition coefficient (Wildman–Crippen LogP) is 4.01. The van der Waals surface area contributed by atoms with Crippen molar-refractivity contribution < 1.29 is 14.3 Å².